The monoisotopic (exact) mass is 227 g/mol. The van der Waals surface area contributed by atoms with Crippen molar-refractivity contribution in [3.05, 3.63) is 34.9 Å². The number of carbonyl (C=O) groups excluding carboxylic acids is 1. The number of nitrogens with one attached hydrogen (secondary N) is 1. The first-order valence-corrected chi connectivity index (χ1v) is 5.10. The summed E-state index contributed by atoms with van der Waals surface area (Å²) in [6.45, 7) is 1.61. The van der Waals surface area contributed by atoms with Crippen LogP contribution in [0.1, 0.15) is 10.4 Å². The van der Waals surface area contributed by atoms with Gasteiger partial charge in [0.05, 0.1) is 13.2 Å². The molecular weight excluding hydrogens is 214 g/mol. The zero-order valence-electron chi connectivity index (χ0n) is 8.63. The van der Waals surface area contributed by atoms with Gasteiger partial charge >= 0.3 is 0 Å². The van der Waals surface area contributed by atoms with Crippen molar-refractivity contribution < 1.29 is 9.53 Å². The molecule has 1 rings (SSSR count). The van der Waals surface area contributed by atoms with Gasteiger partial charge in [0.15, 0.2) is 5.78 Å². The Kier molecular flexibility index (Phi) is 5.32. The highest BCUT2D eigenvalue weighted by molar-refractivity contribution is 6.30. The highest BCUT2D eigenvalue weighted by atomic mass is 35.5. The maximum Gasteiger partial charge on any atom is 0.176 e. The molecule has 0 fully saturated rings. The molecule has 1 aromatic carbocycles. The molecule has 0 saturated heterocycles. The standard InChI is InChI=1S/C11H14ClNO2/c1-15-7-6-13-8-11(14)9-2-4-10(12)5-3-9/h2-5,13H,6-8H2,1H3. The number of rotatable bonds is 6. The lowest BCUT2D eigenvalue weighted by Gasteiger charge is -2.03. The van der Waals surface area contributed by atoms with Gasteiger partial charge in [-0.25, -0.2) is 0 Å². The highest BCUT2D eigenvalue weighted by Crippen LogP contribution is 2.09. The second-order valence-electron chi connectivity index (χ2n) is 3.10. The molecule has 0 saturated carbocycles. The van der Waals surface area contributed by atoms with Gasteiger partial charge in [0.2, 0.25) is 0 Å². The quantitative estimate of drug-likeness (QED) is 0.595. The molecule has 4 heteroatoms. The third kappa shape index (κ3) is 4.42. The van der Waals surface area contributed by atoms with E-state index in [4.69, 9.17) is 16.3 Å². The van der Waals surface area contributed by atoms with E-state index in [9.17, 15) is 4.79 Å². The van der Waals surface area contributed by atoms with E-state index in [2.05, 4.69) is 5.32 Å². The lowest BCUT2D eigenvalue weighted by Crippen LogP contribution is -2.26. The molecule has 0 amide bonds. The summed E-state index contributed by atoms with van der Waals surface area (Å²) in [5.41, 5.74) is 0.671. The fourth-order valence-electron chi connectivity index (χ4n) is 1.11. The van der Waals surface area contributed by atoms with Crippen LogP contribution < -0.4 is 5.32 Å². The van der Waals surface area contributed by atoms with E-state index in [1.807, 2.05) is 0 Å². The summed E-state index contributed by atoms with van der Waals surface area (Å²) < 4.78 is 4.85. The van der Waals surface area contributed by atoms with E-state index in [1.54, 1.807) is 31.4 Å². The molecular formula is C11H14ClNO2. The van der Waals surface area contributed by atoms with Crippen molar-refractivity contribution in [1.29, 1.82) is 0 Å². The maximum absolute atomic E-state index is 11.6. The normalized spacial score (nSPS) is 10.3. The van der Waals surface area contributed by atoms with Gasteiger partial charge in [0.1, 0.15) is 0 Å². The molecule has 0 unspecified atom stereocenters. The lowest BCUT2D eigenvalue weighted by molar-refractivity contribution is 0.0987. The van der Waals surface area contributed by atoms with Crippen LogP contribution in [0.5, 0.6) is 0 Å². The Morgan fingerprint density at radius 1 is 1.40 bits per heavy atom. The number of methoxy groups -OCH3 is 1. The topological polar surface area (TPSA) is 38.3 Å². The highest BCUT2D eigenvalue weighted by Gasteiger charge is 2.04. The number of carbonyl (C=O) groups is 1. The third-order valence-corrected chi connectivity index (χ3v) is 2.19. The molecule has 0 bridgehead atoms. The summed E-state index contributed by atoms with van der Waals surface area (Å²) in [7, 11) is 1.63. The van der Waals surface area contributed by atoms with Crippen molar-refractivity contribution in [3.8, 4) is 0 Å². The van der Waals surface area contributed by atoms with Crippen molar-refractivity contribution in [2.24, 2.45) is 0 Å². The SMILES string of the molecule is COCCNCC(=O)c1ccc(Cl)cc1. The lowest BCUT2D eigenvalue weighted by atomic mass is 10.1. The molecule has 0 radical (unpaired) electrons. The Bertz CT molecular complexity index is 311. The molecule has 3 nitrogen and oxygen atoms in total. The molecule has 82 valence electrons. The van der Waals surface area contributed by atoms with Gasteiger partial charge in [-0.2, -0.15) is 0 Å². The molecule has 0 atom stereocenters. The Morgan fingerprint density at radius 2 is 2.07 bits per heavy atom. The van der Waals surface area contributed by atoms with Crippen molar-refractivity contribution in [1.82, 2.24) is 5.32 Å². The second kappa shape index (κ2) is 6.56. The number of halogens is 1. The minimum atomic E-state index is 0.0581. The number of benzene rings is 1. The number of ether oxygens (including phenoxy) is 1. The third-order valence-electron chi connectivity index (χ3n) is 1.93. The summed E-state index contributed by atoms with van der Waals surface area (Å²) in [6.07, 6.45) is 0. The van der Waals surface area contributed by atoms with Crippen LogP contribution in [0.2, 0.25) is 5.02 Å². The fraction of sp³-hybridized carbons (Fsp3) is 0.364. The first kappa shape index (κ1) is 12.2. The van der Waals surface area contributed by atoms with Crippen LogP contribution in [0.25, 0.3) is 0 Å². The average Bonchev–Trinajstić information content (AvgIpc) is 2.25. The number of Topliss-reactive ketones (excluding diaryl/α,β-unsaturated/α-hetero) is 1. The summed E-state index contributed by atoms with van der Waals surface area (Å²) in [4.78, 5) is 11.6. The van der Waals surface area contributed by atoms with Crippen LogP contribution in [-0.2, 0) is 4.74 Å². The van der Waals surface area contributed by atoms with Gasteiger partial charge in [0, 0.05) is 24.2 Å². The van der Waals surface area contributed by atoms with Crippen molar-refractivity contribution in [2.45, 2.75) is 0 Å². The summed E-state index contributed by atoms with van der Waals surface area (Å²) >= 11 is 5.72. The minimum absolute atomic E-state index is 0.0581. The van der Waals surface area contributed by atoms with E-state index >= 15 is 0 Å². The molecule has 0 spiro atoms. The van der Waals surface area contributed by atoms with Gasteiger partial charge in [-0.3, -0.25) is 4.79 Å². The van der Waals surface area contributed by atoms with Crippen LogP contribution in [0.15, 0.2) is 24.3 Å². The summed E-state index contributed by atoms with van der Waals surface area (Å²) in [5.74, 6) is 0.0581. The van der Waals surface area contributed by atoms with Crippen LogP contribution in [0, 0.1) is 0 Å². The average molecular weight is 228 g/mol. The molecule has 0 heterocycles. The first-order chi connectivity index (χ1) is 7.24. The van der Waals surface area contributed by atoms with E-state index in [0.29, 0.717) is 30.3 Å². The van der Waals surface area contributed by atoms with Crippen LogP contribution in [-0.4, -0.2) is 32.6 Å². The van der Waals surface area contributed by atoms with Crippen molar-refractivity contribution in [2.75, 3.05) is 26.8 Å². The van der Waals surface area contributed by atoms with E-state index < -0.39 is 0 Å². The first-order valence-electron chi connectivity index (χ1n) is 4.72. The molecule has 0 aromatic heterocycles. The second-order valence-corrected chi connectivity index (χ2v) is 3.54. The number of hydrogen-bond acceptors (Lipinski definition) is 3. The minimum Gasteiger partial charge on any atom is -0.383 e. The van der Waals surface area contributed by atoms with Gasteiger partial charge in [-0.05, 0) is 24.3 Å². The van der Waals surface area contributed by atoms with E-state index in [0.717, 1.165) is 0 Å². The van der Waals surface area contributed by atoms with Crippen LogP contribution in [0.3, 0.4) is 0 Å². The predicted molar refractivity (Wildman–Crippen MR) is 60.5 cm³/mol. The van der Waals surface area contributed by atoms with Gasteiger partial charge in [-0.15, -0.1) is 0 Å². The number of hydrogen-bond donors (Lipinski definition) is 1. The Hall–Kier alpha value is -0.900. The summed E-state index contributed by atoms with van der Waals surface area (Å²) in [5, 5.41) is 3.63. The predicted octanol–water partition coefficient (Wildman–Crippen LogP) is 1.76. The molecule has 15 heavy (non-hydrogen) atoms. The molecule has 1 aromatic rings. The van der Waals surface area contributed by atoms with Crippen LogP contribution in [0.4, 0.5) is 0 Å². The molecule has 0 aliphatic heterocycles. The Morgan fingerprint density at radius 3 is 2.67 bits per heavy atom. The largest absolute Gasteiger partial charge is 0.383 e. The maximum atomic E-state index is 11.6. The zero-order chi connectivity index (χ0) is 11.1. The van der Waals surface area contributed by atoms with Crippen LogP contribution >= 0.6 is 11.6 Å². The van der Waals surface area contributed by atoms with E-state index in [1.165, 1.54) is 0 Å². The summed E-state index contributed by atoms with van der Waals surface area (Å²) in [6, 6.07) is 6.87. The molecule has 0 aliphatic rings. The van der Waals surface area contributed by atoms with E-state index in [-0.39, 0.29) is 5.78 Å². The fourth-order valence-corrected chi connectivity index (χ4v) is 1.24. The Labute approximate surface area is 94.4 Å². The zero-order valence-corrected chi connectivity index (χ0v) is 9.38. The van der Waals surface area contributed by atoms with Crippen molar-refractivity contribution >= 4 is 17.4 Å². The molecule has 1 N–H and O–H groups in total. The van der Waals surface area contributed by atoms with Gasteiger partial charge in [0.25, 0.3) is 0 Å². The smallest absolute Gasteiger partial charge is 0.176 e. The Balaban J connectivity index is 2.37. The van der Waals surface area contributed by atoms with Crippen molar-refractivity contribution in [3.63, 3.8) is 0 Å². The van der Waals surface area contributed by atoms with Gasteiger partial charge in [-0.1, -0.05) is 11.6 Å². The number of ketones is 1. The molecule has 0 aliphatic carbocycles. The van der Waals surface area contributed by atoms with Gasteiger partial charge < -0.3 is 10.1 Å².